The minimum absolute atomic E-state index is 0.106. The number of benzene rings is 2. The molecule has 0 aromatic heterocycles. The van der Waals surface area contributed by atoms with Gasteiger partial charge in [-0.1, -0.05) is 24.3 Å². The number of halogens is 4. The smallest absolute Gasteiger partial charge is 0.159 e. The van der Waals surface area contributed by atoms with Gasteiger partial charge in [-0.25, -0.2) is 13.2 Å². The standard InChI is InChI=1S/C15H12ClF3O/c16-9-15(20,8-10-3-1-2-4-12(10)17)11-5-6-13(18)14(19)7-11/h1-7,20H,8-9H2. The summed E-state index contributed by atoms with van der Waals surface area (Å²) in [5, 5.41) is 10.5. The number of alkyl halides is 1. The molecule has 0 bridgehead atoms. The molecule has 0 radical (unpaired) electrons. The molecule has 0 aliphatic heterocycles. The molecule has 2 rings (SSSR count). The van der Waals surface area contributed by atoms with Gasteiger partial charge in [-0.3, -0.25) is 0 Å². The van der Waals surface area contributed by atoms with E-state index in [-0.39, 0.29) is 23.4 Å². The Hall–Kier alpha value is -1.52. The fourth-order valence-electron chi connectivity index (χ4n) is 1.97. The van der Waals surface area contributed by atoms with Gasteiger partial charge in [-0.05, 0) is 29.3 Å². The van der Waals surface area contributed by atoms with E-state index in [4.69, 9.17) is 11.6 Å². The van der Waals surface area contributed by atoms with Crippen molar-refractivity contribution in [2.24, 2.45) is 0 Å². The van der Waals surface area contributed by atoms with Crippen molar-refractivity contribution in [3.8, 4) is 0 Å². The number of aliphatic hydroxyl groups is 1. The molecule has 0 saturated carbocycles. The minimum Gasteiger partial charge on any atom is -0.384 e. The van der Waals surface area contributed by atoms with E-state index in [2.05, 4.69) is 0 Å². The third-order valence-corrected chi connectivity index (χ3v) is 3.56. The first-order valence-electron chi connectivity index (χ1n) is 5.93. The van der Waals surface area contributed by atoms with E-state index in [1.807, 2.05) is 0 Å². The summed E-state index contributed by atoms with van der Waals surface area (Å²) in [6, 6.07) is 8.93. The van der Waals surface area contributed by atoms with Crippen LogP contribution in [0, 0.1) is 17.5 Å². The molecule has 0 amide bonds. The molecule has 1 nitrogen and oxygen atoms in total. The van der Waals surface area contributed by atoms with Crippen LogP contribution in [0.25, 0.3) is 0 Å². The molecule has 20 heavy (non-hydrogen) atoms. The zero-order valence-corrected chi connectivity index (χ0v) is 11.2. The van der Waals surface area contributed by atoms with E-state index in [1.54, 1.807) is 6.07 Å². The predicted octanol–water partition coefficient (Wildman–Crippen LogP) is 3.77. The highest BCUT2D eigenvalue weighted by atomic mass is 35.5. The molecule has 0 aliphatic rings. The van der Waals surface area contributed by atoms with Gasteiger partial charge in [0.2, 0.25) is 0 Å². The molecule has 1 N–H and O–H groups in total. The van der Waals surface area contributed by atoms with Crippen molar-refractivity contribution in [1.29, 1.82) is 0 Å². The lowest BCUT2D eigenvalue weighted by Crippen LogP contribution is -2.31. The van der Waals surface area contributed by atoms with Crippen LogP contribution in [-0.4, -0.2) is 11.0 Å². The Morgan fingerprint density at radius 1 is 0.950 bits per heavy atom. The molecule has 5 heteroatoms. The van der Waals surface area contributed by atoms with Crippen molar-refractivity contribution in [3.63, 3.8) is 0 Å². The SMILES string of the molecule is OC(CCl)(Cc1ccccc1F)c1ccc(F)c(F)c1. The van der Waals surface area contributed by atoms with Crippen molar-refractivity contribution >= 4 is 11.6 Å². The first-order chi connectivity index (χ1) is 9.46. The topological polar surface area (TPSA) is 20.2 Å². The van der Waals surface area contributed by atoms with Gasteiger partial charge >= 0.3 is 0 Å². The lowest BCUT2D eigenvalue weighted by atomic mass is 9.88. The average Bonchev–Trinajstić information content (AvgIpc) is 2.44. The molecule has 106 valence electrons. The van der Waals surface area contributed by atoms with Crippen LogP contribution < -0.4 is 0 Å². The second-order valence-corrected chi connectivity index (χ2v) is 4.83. The molecule has 0 aliphatic carbocycles. The molecule has 0 heterocycles. The van der Waals surface area contributed by atoms with Gasteiger partial charge in [0.1, 0.15) is 11.4 Å². The van der Waals surface area contributed by atoms with E-state index in [0.717, 1.165) is 12.1 Å². The Balaban J connectivity index is 2.38. The molecule has 1 atom stereocenters. The van der Waals surface area contributed by atoms with Gasteiger partial charge in [-0.15, -0.1) is 11.6 Å². The highest BCUT2D eigenvalue weighted by Gasteiger charge is 2.30. The Bertz CT molecular complexity index is 618. The second kappa shape index (κ2) is 5.85. The fourth-order valence-corrected chi connectivity index (χ4v) is 2.22. The summed E-state index contributed by atoms with van der Waals surface area (Å²) < 4.78 is 39.8. The van der Waals surface area contributed by atoms with Crippen molar-refractivity contribution < 1.29 is 18.3 Å². The molecule has 2 aromatic carbocycles. The van der Waals surface area contributed by atoms with Crippen LogP contribution in [-0.2, 0) is 12.0 Å². The Morgan fingerprint density at radius 2 is 1.65 bits per heavy atom. The molecular formula is C15H12ClF3O. The third kappa shape index (κ3) is 2.97. The van der Waals surface area contributed by atoms with Crippen molar-refractivity contribution in [2.45, 2.75) is 12.0 Å². The zero-order valence-electron chi connectivity index (χ0n) is 10.4. The number of hydrogen-bond donors (Lipinski definition) is 1. The average molecular weight is 301 g/mol. The summed E-state index contributed by atoms with van der Waals surface area (Å²) in [6.07, 6.45) is -0.131. The Labute approximate surface area is 119 Å². The van der Waals surface area contributed by atoms with E-state index < -0.39 is 23.1 Å². The summed E-state index contributed by atoms with van der Waals surface area (Å²) in [7, 11) is 0. The molecule has 0 spiro atoms. The van der Waals surface area contributed by atoms with E-state index in [1.165, 1.54) is 24.3 Å². The number of rotatable bonds is 4. The first-order valence-corrected chi connectivity index (χ1v) is 6.47. The van der Waals surface area contributed by atoms with Gasteiger partial charge in [0, 0.05) is 6.42 Å². The molecule has 1 unspecified atom stereocenters. The lowest BCUT2D eigenvalue weighted by Gasteiger charge is -2.26. The normalized spacial score (nSPS) is 14.1. The Kier molecular flexibility index (Phi) is 4.35. The summed E-state index contributed by atoms with van der Waals surface area (Å²) in [5.74, 6) is -2.86. The van der Waals surface area contributed by atoms with Gasteiger partial charge < -0.3 is 5.11 Å². The summed E-state index contributed by atoms with van der Waals surface area (Å²) in [4.78, 5) is 0. The highest BCUT2D eigenvalue weighted by molar-refractivity contribution is 6.18. The lowest BCUT2D eigenvalue weighted by molar-refractivity contribution is 0.0600. The summed E-state index contributed by atoms with van der Waals surface area (Å²) in [5.41, 5.74) is -1.31. The van der Waals surface area contributed by atoms with Crippen LogP contribution in [0.15, 0.2) is 42.5 Å². The summed E-state index contributed by atoms with van der Waals surface area (Å²) in [6.45, 7) is 0. The highest BCUT2D eigenvalue weighted by Crippen LogP contribution is 2.29. The van der Waals surface area contributed by atoms with Gasteiger partial charge in [0.05, 0.1) is 5.88 Å². The largest absolute Gasteiger partial charge is 0.384 e. The van der Waals surface area contributed by atoms with Crippen LogP contribution in [0.2, 0.25) is 0 Å². The van der Waals surface area contributed by atoms with E-state index >= 15 is 0 Å². The quantitative estimate of drug-likeness (QED) is 0.852. The fraction of sp³-hybridized carbons (Fsp3) is 0.200. The van der Waals surface area contributed by atoms with Crippen molar-refractivity contribution in [3.05, 3.63) is 71.0 Å². The van der Waals surface area contributed by atoms with Crippen LogP contribution in [0.5, 0.6) is 0 Å². The van der Waals surface area contributed by atoms with E-state index in [9.17, 15) is 18.3 Å². The zero-order chi connectivity index (χ0) is 14.8. The Morgan fingerprint density at radius 3 is 2.25 bits per heavy atom. The van der Waals surface area contributed by atoms with Crippen LogP contribution >= 0.6 is 11.6 Å². The number of hydrogen-bond acceptors (Lipinski definition) is 1. The monoisotopic (exact) mass is 300 g/mol. The maximum atomic E-state index is 13.6. The molecular weight excluding hydrogens is 289 g/mol. The third-order valence-electron chi connectivity index (χ3n) is 3.12. The van der Waals surface area contributed by atoms with Gasteiger partial charge in [-0.2, -0.15) is 0 Å². The van der Waals surface area contributed by atoms with Crippen molar-refractivity contribution in [1.82, 2.24) is 0 Å². The summed E-state index contributed by atoms with van der Waals surface area (Å²) >= 11 is 5.75. The van der Waals surface area contributed by atoms with Crippen LogP contribution in [0.4, 0.5) is 13.2 Å². The van der Waals surface area contributed by atoms with Crippen LogP contribution in [0.1, 0.15) is 11.1 Å². The van der Waals surface area contributed by atoms with Gasteiger partial charge in [0.25, 0.3) is 0 Å². The maximum absolute atomic E-state index is 13.6. The van der Waals surface area contributed by atoms with Gasteiger partial charge in [0.15, 0.2) is 11.6 Å². The second-order valence-electron chi connectivity index (χ2n) is 4.56. The molecule has 2 aromatic rings. The maximum Gasteiger partial charge on any atom is 0.159 e. The first kappa shape index (κ1) is 14.9. The van der Waals surface area contributed by atoms with Crippen molar-refractivity contribution in [2.75, 3.05) is 5.88 Å². The minimum atomic E-state index is -1.67. The predicted molar refractivity (Wildman–Crippen MR) is 71.1 cm³/mol. The van der Waals surface area contributed by atoms with Crippen LogP contribution in [0.3, 0.4) is 0 Å². The van der Waals surface area contributed by atoms with E-state index in [0.29, 0.717) is 0 Å². The molecule has 0 fully saturated rings. The molecule has 0 saturated heterocycles.